The van der Waals surface area contributed by atoms with Crippen molar-refractivity contribution in [3.05, 3.63) is 72.3 Å². The number of likely N-dealkylation sites (tertiary alicyclic amines) is 2. The highest BCUT2D eigenvalue weighted by atomic mass is 16.7. The number of hydrogen-bond donors (Lipinski definition) is 0. The summed E-state index contributed by atoms with van der Waals surface area (Å²) < 4.78 is 12.3. The third kappa shape index (κ3) is 3.31. The average molecular weight is 445 g/mol. The highest BCUT2D eigenvalue weighted by Gasteiger charge is 2.52. The molecule has 0 spiro atoms. The summed E-state index contributed by atoms with van der Waals surface area (Å²) in [5.41, 5.74) is 2.05. The molecule has 0 saturated carbocycles. The Hall–Kier alpha value is -3.88. The van der Waals surface area contributed by atoms with E-state index in [0.29, 0.717) is 18.8 Å². The third-order valence-electron chi connectivity index (χ3n) is 6.78. The fraction of sp³-hybridized carbons (Fsp3) is 0.333. The van der Waals surface area contributed by atoms with E-state index in [9.17, 15) is 9.59 Å². The molecule has 3 aliphatic rings. The van der Waals surface area contributed by atoms with E-state index in [2.05, 4.69) is 10.1 Å². The van der Waals surface area contributed by atoms with Gasteiger partial charge in [0.25, 0.3) is 0 Å². The molecule has 0 radical (unpaired) electrons. The molecule has 2 saturated heterocycles. The van der Waals surface area contributed by atoms with Crippen molar-refractivity contribution >= 4 is 11.9 Å². The summed E-state index contributed by atoms with van der Waals surface area (Å²) in [6.45, 7) is 1.35. The Morgan fingerprint density at radius 1 is 0.970 bits per heavy atom. The molecule has 0 unspecified atom stereocenters. The van der Waals surface area contributed by atoms with E-state index >= 15 is 0 Å². The van der Waals surface area contributed by atoms with Gasteiger partial charge in [0.1, 0.15) is 12.7 Å². The number of hydrogen-bond acceptors (Lipinski definition) is 6. The maximum atomic E-state index is 13.4. The van der Waals surface area contributed by atoms with Gasteiger partial charge in [-0.3, -0.25) is 4.79 Å². The van der Waals surface area contributed by atoms with Crippen molar-refractivity contribution in [2.75, 3.05) is 19.9 Å². The maximum Gasteiger partial charge on any atom is 0.346 e. The lowest BCUT2D eigenvalue weighted by Crippen LogP contribution is -2.60. The Morgan fingerprint density at radius 3 is 2.52 bits per heavy atom. The molecule has 33 heavy (non-hydrogen) atoms. The summed E-state index contributed by atoms with van der Waals surface area (Å²) in [5.74, 6) is 1.34. The third-order valence-corrected chi connectivity index (χ3v) is 6.78. The van der Waals surface area contributed by atoms with Gasteiger partial charge in [0.2, 0.25) is 12.7 Å². The number of β-lactam (4-membered cyclic amide) rings is 1. The lowest BCUT2D eigenvalue weighted by atomic mass is 9.75. The van der Waals surface area contributed by atoms with Crippen LogP contribution in [0.2, 0.25) is 0 Å². The van der Waals surface area contributed by atoms with Crippen LogP contribution in [-0.2, 0) is 4.79 Å². The standard InChI is InChI=1S/C24H23N5O4/c30-23-21(16-4-2-1-3-5-16)22(17-6-7-19-20(12-17)33-15-32-19)29(23)18-8-10-27(11-9-18)24(31)28-14-25-13-26-28/h1-7,12-14,18,21-22H,8-11,15H2/t21-,22-/m1/s1. The predicted molar refractivity (Wildman–Crippen MR) is 117 cm³/mol. The van der Waals surface area contributed by atoms with Gasteiger partial charge in [0, 0.05) is 19.1 Å². The Kier molecular flexibility index (Phi) is 4.74. The van der Waals surface area contributed by atoms with Crippen LogP contribution in [0.25, 0.3) is 0 Å². The zero-order chi connectivity index (χ0) is 22.4. The molecule has 1 aromatic heterocycles. The lowest BCUT2D eigenvalue weighted by Gasteiger charge is -2.53. The number of fused-ring (bicyclic) bond motifs is 1. The summed E-state index contributed by atoms with van der Waals surface area (Å²) in [6.07, 6.45) is 4.19. The molecule has 168 valence electrons. The number of carbonyl (C=O) groups excluding carboxylic acids is 2. The van der Waals surface area contributed by atoms with Crippen molar-refractivity contribution in [1.82, 2.24) is 24.6 Å². The lowest BCUT2D eigenvalue weighted by molar-refractivity contribution is -0.156. The summed E-state index contributed by atoms with van der Waals surface area (Å²) in [5, 5.41) is 3.94. The molecule has 9 nitrogen and oxygen atoms in total. The molecule has 2 fully saturated rings. The van der Waals surface area contributed by atoms with Crippen molar-refractivity contribution in [1.29, 1.82) is 0 Å². The first-order valence-corrected chi connectivity index (χ1v) is 11.1. The van der Waals surface area contributed by atoms with Crippen molar-refractivity contribution in [3.63, 3.8) is 0 Å². The van der Waals surface area contributed by atoms with Crippen LogP contribution in [0.5, 0.6) is 11.5 Å². The summed E-state index contributed by atoms with van der Waals surface area (Å²) in [7, 11) is 0. The van der Waals surface area contributed by atoms with Crippen LogP contribution in [0, 0.1) is 0 Å². The second-order valence-electron chi connectivity index (χ2n) is 8.53. The van der Waals surface area contributed by atoms with Crippen LogP contribution in [0.4, 0.5) is 4.79 Å². The Balaban J connectivity index is 1.25. The van der Waals surface area contributed by atoms with Gasteiger partial charge in [0.05, 0.1) is 12.0 Å². The minimum absolute atomic E-state index is 0.0627. The number of nitrogens with zero attached hydrogens (tertiary/aromatic N) is 5. The van der Waals surface area contributed by atoms with E-state index in [-0.39, 0.29) is 36.7 Å². The molecule has 2 atom stereocenters. The quantitative estimate of drug-likeness (QED) is 0.576. The molecule has 2 amide bonds. The molecule has 4 heterocycles. The molecule has 0 aliphatic carbocycles. The van der Waals surface area contributed by atoms with E-state index in [0.717, 1.165) is 29.7 Å². The van der Waals surface area contributed by atoms with Crippen LogP contribution < -0.4 is 9.47 Å². The number of piperidine rings is 1. The highest BCUT2D eigenvalue weighted by molar-refractivity contribution is 5.92. The first-order valence-electron chi connectivity index (χ1n) is 11.1. The van der Waals surface area contributed by atoms with Gasteiger partial charge < -0.3 is 19.3 Å². The fourth-order valence-corrected chi connectivity index (χ4v) is 5.14. The number of aromatic nitrogens is 3. The van der Waals surface area contributed by atoms with Gasteiger partial charge in [-0.2, -0.15) is 9.78 Å². The van der Waals surface area contributed by atoms with Crippen LogP contribution in [-0.4, -0.2) is 62.4 Å². The van der Waals surface area contributed by atoms with E-state index in [1.807, 2.05) is 53.4 Å². The number of amides is 2. The van der Waals surface area contributed by atoms with E-state index in [4.69, 9.17) is 9.47 Å². The van der Waals surface area contributed by atoms with Gasteiger partial charge in [-0.1, -0.05) is 36.4 Å². The fourth-order valence-electron chi connectivity index (χ4n) is 5.14. The van der Waals surface area contributed by atoms with Crippen molar-refractivity contribution in [2.45, 2.75) is 30.8 Å². The normalized spacial score (nSPS) is 22.4. The van der Waals surface area contributed by atoms with Crippen LogP contribution in [0.15, 0.2) is 61.2 Å². The molecule has 6 rings (SSSR count). The van der Waals surface area contributed by atoms with Gasteiger partial charge >= 0.3 is 6.03 Å². The Labute approximate surface area is 190 Å². The maximum absolute atomic E-state index is 13.4. The molecule has 2 aromatic carbocycles. The molecule has 3 aliphatic heterocycles. The summed E-state index contributed by atoms with van der Waals surface area (Å²) >= 11 is 0. The van der Waals surface area contributed by atoms with Crippen LogP contribution in [0.1, 0.15) is 35.9 Å². The van der Waals surface area contributed by atoms with Gasteiger partial charge in [0.15, 0.2) is 11.5 Å². The first-order chi connectivity index (χ1) is 16.2. The molecular formula is C24H23N5O4. The molecule has 0 N–H and O–H groups in total. The SMILES string of the molecule is O=C1[C@H](c2ccccc2)[C@@H](c2ccc3c(c2)OCO3)N1C1CCN(C(=O)n2cncn2)CC1. The Bertz CT molecular complexity index is 1170. The molecular weight excluding hydrogens is 422 g/mol. The minimum Gasteiger partial charge on any atom is -0.454 e. The Morgan fingerprint density at radius 2 is 1.76 bits per heavy atom. The second kappa shape index (κ2) is 7.91. The molecule has 0 bridgehead atoms. The summed E-state index contributed by atoms with van der Waals surface area (Å²) in [6, 6.07) is 15.6. The van der Waals surface area contributed by atoms with Gasteiger partial charge in [-0.25, -0.2) is 9.78 Å². The molecule has 9 heteroatoms. The predicted octanol–water partition coefficient (Wildman–Crippen LogP) is 2.81. The van der Waals surface area contributed by atoms with E-state index in [1.54, 1.807) is 4.90 Å². The van der Waals surface area contributed by atoms with Gasteiger partial charge in [-0.05, 0) is 36.1 Å². The topological polar surface area (TPSA) is 89.8 Å². The second-order valence-corrected chi connectivity index (χ2v) is 8.53. The van der Waals surface area contributed by atoms with Gasteiger partial charge in [-0.15, -0.1) is 0 Å². The van der Waals surface area contributed by atoms with Crippen molar-refractivity contribution in [3.8, 4) is 11.5 Å². The average Bonchev–Trinajstić information content (AvgIpc) is 3.55. The van der Waals surface area contributed by atoms with Crippen LogP contribution >= 0.6 is 0 Å². The number of benzene rings is 2. The van der Waals surface area contributed by atoms with E-state index in [1.165, 1.54) is 17.3 Å². The van der Waals surface area contributed by atoms with Crippen molar-refractivity contribution in [2.24, 2.45) is 0 Å². The molecule has 3 aromatic rings. The zero-order valence-corrected chi connectivity index (χ0v) is 17.9. The number of rotatable bonds is 3. The first kappa shape index (κ1) is 19.8. The van der Waals surface area contributed by atoms with Crippen molar-refractivity contribution < 1.29 is 19.1 Å². The van der Waals surface area contributed by atoms with Crippen LogP contribution in [0.3, 0.4) is 0 Å². The largest absolute Gasteiger partial charge is 0.454 e. The monoisotopic (exact) mass is 445 g/mol. The highest BCUT2D eigenvalue weighted by Crippen LogP contribution is 2.50. The number of ether oxygens (including phenoxy) is 2. The smallest absolute Gasteiger partial charge is 0.346 e. The van der Waals surface area contributed by atoms with E-state index < -0.39 is 0 Å². The summed E-state index contributed by atoms with van der Waals surface area (Å²) in [4.78, 5) is 33.7. The zero-order valence-electron chi connectivity index (χ0n) is 17.9. The number of carbonyl (C=O) groups is 2. The minimum atomic E-state index is -0.235.